The van der Waals surface area contributed by atoms with Crippen LogP contribution in [0.3, 0.4) is 0 Å². The Bertz CT molecular complexity index is 1180. The number of rotatable bonds is 48. The summed E-state index contributed by atoms with van der Waals surface area (Å²) in [4.78, 5) is 51.5. The van der Waals surface area contributed by atoms with E-state index in [4.69, 9.17) is 12.3 Å². The molecule has 440 valence electrons. The van der Waals surface area contributed by atoms with Crippen molar-refractivity contribution in [2.24, 2.45) is 23.7 Å². The number of hydrogen-bond donors (Lipinski definition) is 4. The molecule has 0 aromatic heterocycles. The number of carbonyl (C=O) groups excluding carboxylic acids is 4. The van der Waals surface area contributed by atoms with Crippen LogP contribution in [0.25, 0.3) is 0 Å². The molecule has 0 fully saturated rings. The van der Waals surface area contributed by atoms with Crippen molar-refractivity contribution in [1.82, 2.24) is 0 Å². The zero-order valence-electron chi connectivity index (χ0n) is 48.9. The van der Waals surface area contributed by atoms with Gasteiger partial charge in [0.2, 0.25) is 0 Å². The second kappa shape index (κ2) is 49.5. The number of aliphatic hydroxyl groups is 4. The molecule has 74 heavy (non-hydrogen) atoms. The minimum absolute atomic E-state index is 0.557. The first-order valence-corrected chi connectivity index (χ1v) is 46.2. The third-order valence-electron chi connectivity index (χ3n) is 12.4. The number of aliphatic hydroxyl groups excluding tert-OH is 4. The van der Waals surface area contributed by atoms with Gasteiger partial charge in [0.1, 0.15) is 0 Å². The summed E-state index contributed by atoms with van der Waals surface area (Å²) in [7, 11) is 0. The van der Waals surface area contributed by atoms with Crippen LogP contribution in [0.4, 0.5) is 0 Å². The summed E-state index contributed by atoms with van der Waals surface area (Å²) in [5.41, 5.74) is -5.08. The summed E-state index contributed by atoms with van der Waals surface area (Å²) < 4.78 is 26.0. The van der Waals surface area contributed by atoms with E-state index in [-0.39, 0.29) is 0 Å². The van der Waals surface area contributed by atoms with Crippen LogP contribution in [0.15, 0.2) is 0 Å². The van der Waals surface area contributed by atoms with E-state index in [1.54, 1.807) is 0 Å². The zero-order chi connectivity index (χ0) is 56.2. The molecule has 0 saturated carbocycles. The third-order valence-corrected chi connectivity index (χ3v) is 35.8. The van der Waals surface area contributed by atoms with E-state index in [0.717, 1.165) is 128 Å². The fourth-order valence-electron chi connectivity index (χ4n) is 7.80. The Hall–Kier alpha value is 0.717. The van der Waals surface area contributed by atoms with Crippen LogP contribution < -0.4 is 0 Å². The van der Waals surface area contributed by atoms with Crippen molar-refractivity contribution in [2.45, 2.75) is 277 Å². The topological polar surface area (TPSA) is 186 Å². The standard InChI is InChI=1S/4C10H20O3S.4C4H9.2Sn/c4*1-8(2)6-4-3-5-7-14-10(13)9(11)12;4*1-3-4-2;;/h4*8,10,13H,3-7H2,1-2H3,(H,11,12);4*1,3-4H2,2H3;;/q;;;;;;;;2*+2/p-4. The van der Waals surface area contributed by atoms with Crippen LogP contribution in [0.2, 0.25) is 17.7 Å². The van der Waals surface area contributed by atoms with E-state index in [1.165, 1.54) is 72.7 Å². The van der Waals surface area contributed by atoms with Crippen molar-refractivity contribution >= 4 is 109 Å². The number of carbonyl (C=O) groups is 4. The van der Waals surface area contributed by atoms with Gasteiger partial charge in [-0.1, -0.05) is 0 Å². The average Bonchev–Trinajstić information content (AvgIpc) is 3.34. The average molecular weight is 1340 g/mol. The Kier molecular flexibility index (Phi) is 51.4. The maximum absolute atomic E-state index is 12.9. The fourth-order valence-corrected chi connectivity index (χ4v) is 31.5. The van der Waals surface area contributed by atoms with Crippen LogP contribution in [0.5, 0.6) is 0 Å². The first-order valence-electron chi connectivity index (χ1n) is 29.2. The van der Waals surface area contributed by atoms with Gasteiger partial charge in [-0.25, -0.2) is 0 Å². The molecule has 0 aliphatic heterocycles. The molecule has 0 aliphatic carbocycles. The van der Waals surface area contributed by atoms with Gasteiger partial charge in [0.05, 0.1) is 0 Å². The van der Waals surface area contributed by atoms with Gasteiger partial charge in [-0.15, -0.1) is 0 Å². The Morgan fingerprint density at radius 2 is 0.514 bits per heavy atom. The first kappa shape index (κ1) is 76.8. The molecule has 0 aromatic rings. The van der Waals surface area contributed by atoms with Crippen LogP contribution in [-0.4, -0.2) is 127 Å². The molecule has 4 unspecified atom stereocenters. The molecule has 4 N–H and O–H groups in total. The monoisotopic (exact) mass is 1340 g/mol. The van der Waals surface area contributed by atoms with Crippen LogP contribution in [0, 0.1) is 23.7 Å². The maximum atomic E-state index is 12.9. The van der Waals surface area contributed by atoms with E-state index in [0.29, 0.717) is 64.4 Å². The summed E-state index contributed by atoms with van der Waals surface area (Å²) in [6, 6.07) is 0. The molecule has 0 heterocycles. The molecular formula is C56H112O12S4Sn2. The molecule has 0 bridgehead atoms. The summed E-state index contributed by atoms with van der Waals surface area (Å²) in [6.45, 7) is 25.9. The Balaban J connectivity index is 0. The first-order chi connectivity index (χ1) is 35.1. The number of thioether (sulfide) groups is 4. The van der Waals surface area contributed by atoms with Crippen molar-refractivity contribution < 1.29 is 51.9 Å². The molecule has 12 nitrogen and oxygen atoms in total. The van der Waals surface area contributed by atoms with Crippen molar-refractivity contribution in [2.75, 3.05) is 23.0 Å². The minimum atomic E-state index is -4.21. The van der Waals surface area contributed by atoms with Crippen LogP contribution in [-0.2, 0) is 31.5 Å². The number of unbranched alkanes of at least 4 members (excludes halogenated alkanes) is 12. The predicted molar refractivity (Wildman–Crippen MR) is 322 cm³/mol. The summed E-state index contributed by atoms with van der Waals surface area (Å²) in [5.74, 6) is 2.77. The van der Waals surface area contributed by atoms with Crippen LogP contribution >= 0.6 is 47.0 Å². The molecule has 0 amide bonds. The van der Waals surface area contributed by atoms with E-state index < -0.39 is 84.0 Å². The van der Waals surface area contributed by atoms with Gasteiger partial charge in [-0.2, -0.15) is 0 Å². The molecule has 4 atom stereocenters. The summed E-state index contributed by atoms with van der Waals surface area (Å²) in [6.07, 6.45) is 24.2. The van der Waals surface area contributed by atoms with Gasteiger partial charge in [-0.3, -0.25) is 0 Å². The van der Waals surface area contributed by atoms with Crippen LogP contribution in [0.1, 0.15) is 237 Å². The van der Waals surface area contributed by atoms with Crippen molar-refractivity contribution in [1.29, 1.82) is 0 Å². The molecule has 0 saturated heterocycles. The SMILES string of the molecule is CCC[CH2][Sn]([CH2]CCC)([O]C(=O)C(O)SCCCCCC(C)C)[O]C(=O)C(O)SCCCCCC(C)C.CCC[CH2][Sn]([CH2]CCC)([O]C(=O)C(O)SCCCCCC(C)C)[O]C(=O)C(O)SCCCCCC(C)C. The molecule has 0 aromatic carbocycles. The van der Waals surface area contributed by atoms with Gasteiger partial charge in [-0.05, 0) is 0 Å². The predicted octanol–water partition coefficient (Wildman–Crippen LogP) is 15.3. The molecular weight excluding hydrogens is 1230 g/mol. The molecule has 18 heteroatoms. The van der Waals surface area contributed by atoms with E-state index >= 15 is 0 Å². The second-order valence-corrected chi connectivity index (χ2v) is 45.0. The van der Waals surface area contributed by atoms with Crippen molar-refractivity contribution in [3.05, 3.63) is 0 Å². The zero-order valence-corrected chi connectivity index (χ0v) is 57.9. The normalized spacial score (nSPS) is 13.7. The molecule has 0 rings (SSSR count). The summed E-state index contributed by atoms with van der Waals surface area (Å²) >= 11 is -3.64. The van der Waals surface area contributed by atoms with Gasteiger partial charge >= 0.3 is 485 Å². The number of hydrogen-bond acceptors (Lipinski definition) is 16. The van der Waals surface area contributed by atoms with E-state index in [9.17, 15) is 39.6 Å². The second-order valence-electron chi connectivity index (χ2n) is 21.8. The quantitative estimate of drug-likeness (QED) is 0.0256. The Morgan fingerprint density at radius 3 is 0.676 bits per heavy atom. The van der Waals surface area contributed by atoms with E-state index in [2.05, 4.69) is 55.4 Å². The van der Waals surface area contributed by atoms with Gasteiger partial charge in [0.15, 0.2) is 0 Å². The van der Waals surface area contributed by atoms with Gasteiger partial charge < -0.3 is 0 Å². The molecule has 0 aliphatic rings. The van der Waals surface area contributed by atoms with Crippen molar-refractivity contribution in [3.8, 4) is 0 Å². The summed E-state index contributed by atoms with van der Waals surface area (Å²) in [5, 5.41) is 41.9. The fraction of sp³-hybridized carbons (Fsp3) is 0.929. The van der Waals surface area contributed by atoms with Gasteiger partial charge in [0.25, 0.3) is 0 Å². The Labute approximate surface area is 480 Å². The molecule has 0 spiro atoms. The van der Waals surface area contributed by atoms with E-state index in [1.807, 2.05) is 27.7 Å². The third kappa shape index (κ3) is 43.5. The molecule has 0 radical (unpaired) electrons. The van der Waals surface area contributed by atoms with Gasteiger partial charge in [0, 0.05) is 0 Å². The Morgan fingerprint density at radius 1 is 0.324 bits per heavy atom. The van der Waals surface area contributed by atoms with Crippen molar-refractivity contribution in [3.63, 3.8) is 0 Å².